The summed E-state index contributed by atoms with van der Waals surface area (Å²) in [5.74, 6) is 1.12. The number of anilines is 2. The van der Waals surface area contributed by atoms with Gasteiger partial charge in [0.05, 0.1) is 12.3 Å². The number of hydrogen-bond acceptors (Lipinski definition) is 4. The number of amides is 2. The maximum atomic E-state index is 12.4. The van der Waals surface area contributed by atoms with E-state index in [1.165, 1.54) is 0 Å². The van der Waals surface area contributed by atoms with Gasteiger partial charge in [0.2, 0.25) is 5.91 Å². The van der Waals surface area contributed by atoms with E-state index in [1.54, 1.807) is 24.0 Å². The van der Waals surface area contributed by atoms with E-state index in [1.807, 2.05) is 43.3 Å². The minimum atomic E-state index is -0.556. The van der Waals surface area contributed by atoms with E-state index in [0.29, 0.717) is 30.3 Å². The molecule has 0 saturated carbocycles. The van der Waals surface area contributed by atoms with Crippen molar-refractivity contribution in [1.29, 1.82) is 0 Å². The highest BCUT2D eigenvalue weighted by molar-refractivity contribution is 6.00. The van der Waals surface area contributed by atoms with Crippen molar-refractivity contribution < 1.29 is 19.1 Å². The lowest BCUT2D eigenvalue weighted by Crippen LogP contribution is -2.45. The van der Waals surface area contributed by atoms with Crippen LogP contribution in [-0.4, -0.2) is 31.1 Å². The Hall–Kier alpha value is -3.02. The van der Waals surface area contributed by atoms with Crippen molar-refractivity contribution in [3.8, 4) is 11.5 Å². The molecule has 1 atom stereocenters. The van der Waals surface area contributed by atoms with Crippen LogP contribution in [0.4, 0.5) is 11.4 Å². The fourth-order valence-electron chi connectivity index (χ4n) is 2.83. The van der Waals surface area contributed by atoms with Crippen molar-refractivity contribution >= 4 is 23.2 Å². The number of benzene rings is 2. The first-order valence-electron chi connectivity index (χ1n) is 8.68. The Kier molecular flexibility index (Phi) is 5.41. The number of nitrogens with zero attached hydrogens (tertiary/aromatic N) is 1. The van der Waals surface area contributed by atoms with Crippen LogP contribution in [0.3, 0.4) is 0 Å². The Morgan fingerprint density at radius 2 is 1.92 bits per heavy atom. The molecule has 1 aliphatic rings. The Bertz CT molecular complexity index is 789. The first-order chi connectivity index (χ1) is 12.6. The van der Waals surface area contributed by atoms with Gasteiger partial charge in [-0.25, -0.2) is 0 Å². The lowest BCUT2D eigenvalue weighted by Gasteiger charge is -2.32. The molecule has 0 spiro atoms. The summed E-state index contributed by atoms with van der Waals surface area (Å²) in [6.45, 7) is 4.53. The van der Waals surface area contributed by atoms with E-state index in [2.05, 4.69) is 5.32 Å². The van der Waals surface area contributed by atoms with Crippen molar-refractivity contribution in [1.82, 2.24) is 0 Å². The molecule has 0 bridgehead atoms. The SMILES string of the molecule is CCOc1ccc(NC(=O)CCN2C(=O)C(C)Oc3ccccc32)cc1. The van der Waals surface area contributed by atoms with E-state index < -0.39 is 6.10 Å². The molecule has 2 amide bonds. The van der Waals surface area contributed by atoms with Crippen molar-refractivity contribution in [3.63, 3.8) is 0 Å². The summed E-state index contributed by atoms with van der Waals surface area (Å²) in [5, 5.41) is 2.84. The van der Waals surface area contributed by atoms with Gasteiger partial charge >= 0.3 is 0 Å². The Morgan fingerprint density at radius 1 is 1.19 bits per heavy atom. The molecule has 26 heavy (non-hydrogen) atoms. The van der Waals surface area contributed by atoms with Crippen LogP contribution in [-0.2, 0) is 9.59 Å². The molecule has 1 N–H and O–H groups in total. The number of para-hydroxylation sites is 2. The van der Waals surface area contributed by atoms with Gasteiger partial charge in [0.25, 0.3) is 5.91 Å². The summed E-state index contributed by atoms with van der Waals surface area (Å²) < 4.78 is 11.0. The second-order valence-electron chi connectivity index (χ2n) is 5.97. The normalized spacial score (nSPS) is 15.8. The number of hydrogen-bond donors (Lipinski definition) is 1. The molecule has 2 aromatic carbocycles. The van der Waals surface area contributed by atoms with Gasteiger partial charge in [-0.3, -0.25) is 9.59 Å². The number of rotatable bonds is 6. The van der Waals surface area contributed by atoms with E-state index in [4.69, 9.17) is 9.47 Å². The molecule has 1 heterocycles. The van der Waals surface area contributed by atoms with Gasteiger partial charge in [0.1, 0.15) is 11.5 Å². The minimum Gasteiger partial charge on any atom is -0.494 e. The average molecular weight is 354 g/mol. The lowest BCUT2D eigenvalue weighted by molar-refractivity contribution is -0.125. The molecule has 0 aromatic heterocycles. The molecular formula is C20H22N2O4. The first kappa shape index (κ1) is 17.8. The van der Waals surface area contributed by atoms with Crippen molar-refractivity contribution in [2.24, 2.45) is 0 Å². The number of fused-ring (bicyclic) bond motifs is 1. The molecule has 1 unspecified atom stereocenters. The van der Waals surface area contributed by atoms with Crippen LogP contribution in [0.5, 0.6) is 11.5 Å². The van der Waals surface area contributed by atoms with E-state index in [0.717, 1.165) is 5.75 Å². The third-order valence-electron chi connectivity index (χ3n) is 4.09. The largest absolute Gasteiger partial charge is 0.494 e. The summed E-state index contributed by atoms with van der Waals surface area (Å²) in [4.78, 5) is 26.3. The van der Waals surface area contributed by atoms with Crippen LogP contribution in [0.25, 0.3) is 0 Å². The maximum Gasteiger partial charge on any atom is 0.267 e. The van der Waals surface area contributed by atoms with Gasteiger partial charge in [0.15, 0.2) is 6.10 Å². The smallest absolute Gasteiger partial charge is 0.267 e. The monoisotopic (exact) mass is 354 g/mol. The Labute approximate surface area is 152 Å². The molecule has 6 nitrogen and oxygen atoms in total. The predicted molar refractivity (Wildman–Crippen MR) is 99.7 cm³/mol. The first-order valence-corrected chi connectivity index (χ1v) is 8.68. The van der Waals surface area contributed by atoms with Crippen molar-refractivity contribution in [2.75, 3.05) is 23.4 Å². The van der Waals surface area contributed by atoms with Gasteiger partial charge in [-0.15, -0.1) is 0 Å². The van der Waals surface area contributed by atoms with E-state index >= 15 is 0 Å². The lowest BCUT2D eigenvalue weighted by atomic mass is 10.1. The third kappa shape index (κ3) is 3.96. The molecule has 6 heteroatoms. The van der Waals surface area contributed by atoms with Gasteiger partial charge in [-0.2, -0.15) is 0 Å². The van der Waals surface area contributed by atoms with Crippen LogP contribution < -0.4 is 19.7 Å². The fraction of sp³-hybridized carbons (Fsp3) is 0.300. The van der Waals surface area contributed by atoms with Crippen molar-refractivity contribution in [3.05, 3.63) is 48.5 Å². The van der Waals surface area contributed by atoms with Gasteiger partial charge in [-0.1, -0.05) is 12.1 Å². The number of carbonyl (C=O) groups excluding carboxylic acids is 2. The van der Waals surface area contributed by atoms with Crippen LogP contribution in [0.1, 0.15) is 20.3 Å². The van der Waals surface area contributed by atoms with Crippen LogP contribution in [0, 0.1) is 0 Å². The third-order valence-corrected chi connectivity index (χ3v) is 4.09. The number of ether oxygens (including phenoxy) is 2. The molecule has 0 radical (unpaired) electrons. The Morgan fingerprint density at radius 3 is 2.65 bits per heavy atom. The van der Waals surface area contributed by atoms with Gasteiger partial charge in [-0.05, 0) is 50.2 Å². The van der Waals surface area contributed by atoms with E-state index in [9.17, 15) is 9.59 Å². The molecule has 2 aromatic rings. The Balaban J connectivity index is 1.61. The number of carbonyl (C=O) groups is 2. The standard InChI is InChI=1S/C20H22N2O4/c1-3-25-16-10-8-15(9-11-16)21-19(23)12-13-22-17-6-4-5-7-18(17)26-14(2)20(22)24/h4-11,14H,3,12-13H2,1-2H3,(H,21,23). The summed E-state index contributed by atoms with van der Waals surface area (Å²) in [6.07, 6.45) is -0.362. The van der Waals surface area contributed by atoms with Crippen molar-refractivity contribution in [2.45, 2.75) is 26.4 Å². The second kappa shape index (κ2) is 7.91. The molecule has 3 rings (SSSR count). The second-order valence-corrected chi connectivity index (χ2v) is 5.97. The molecular weight excluding hydrogens is 332 g/mol. The fourth-order valence-corrected chi connectivity index (χ4v) is 2.83. The van der Waals surface area contributed by atoms with Gasteiger partial charge < -0.3 is 19.7 Å². The molecule has 0 fully saturated rings. The van der Waals surface area contributed by atoms with Crippen LogP contribution in [0.2, 0.25) is 0 Å². The summed E-state index contributed by atoms with van der Waals surface area (Å²) in [5.41, 5.74) is 1.39. The molecule has 1 aliphatic heterocycles. The number of nitrogens with one attached hydrogen (secondary N) is 1. The van der Waals surface area contributed by atoms with E-state index in [-0.39, 0.29) is 18.2 Å². The summed E-state index contributed by atoms with van der Waals surface area (Å²) in [6, 6.07) is 14.6. The topological polar surface area (TPSA) is 67.9 Å². The highest BCUT2D eigenvalue weighted by atomic mass is 16.5. The zero-order chi connectivity index (χ0) is 18.5. The molecule has 0 aliphatic carbocycles. The van der Waals surface area contributed by atoms with Crippen LogP contribution >= 0.6 is 0 Å². The average Bonchev–Trinajstić information content (AvgIpc) is 2.64. The van der Waals surface area contributed by atoms with Gasteiger partial charge in [0, 0.05) is 18.7 Å². The van der Waals surface area contributed by atoms with Crippen LogP contribution in [0.15, 0.2) is 48.5 Å². The molecule has 136 valence electrons. The highest BCUT2D eigenvalue weighted by Gasteiger charge is 2.31. The summed E-state index contributed by atoms with van der Waals surface area (Å²) in [7, 11) is 0. The minimum absolute atomic E-state index is 0.141. The quantitative estimate of drug-likeness (QED) is 0.865. The zero-order valence-corrected chi connectivity index (χ0v) is 14.9. The predicted octanol–water partition coefficient (Wildman–Crippen LogP) is 3.23. The zero-order valence-electron chi connectivity index (χ0n) is 14.9. The highest BCUT2D eigenvalue weighted by Crippen LogP contribution is 2.33. The maximum absolute atomic E-state index is 12.4. The molecule has 0 saturated heterocycles. The summed E-state index contributed by atoms with van der Waals surface area (Å²) >= 11 is 0.